The minimum absolute atomic E-state index is 0.197. The van der Waals surface area contributed by atoms with E-state index in [0.717, 1.165) is 23.1 Å². The van der Waals surface area contributed by atoms with E-state index in [2.05, 4.69) is 20.6 Å². The van der Waals surface area contributed by atoms with Crippen LogP contribution in [0.1, 0.15) is 6.42 Å². The summed E-state index contributed by atoms with van der Waals surface area (Å²) in [6.07, 6.45) is 7.97. The Morgan fingerprint density at radius 3 is 2.90 bits per heavy atom. The maximum Gasteiger partial charge on any atom is 0.401 e. The van der Waals surface area contributed by atoms with Gasteiger partial charge in [-0.25, -0.2) is 0 Å². The first-order chi connectivity index (χ1) is 13.9. The van der Waals surface area contributed by atoms with Crippen LogP contribution in [-0.2, 0) is 4.79 Å². The van der Waals surface area contributed by atoms with Crippen molar-refractivity contribution in [2.24, 2.45) is 9.98 Å². The monoisotopic (exact) mass is 401 g/mol. The maximum absolute atomic E-state index is 12.9. The van der Waals surface area contributed by atoms with Crippen molar-refractivity contribution in [3.63, 3.8) is 0 Å². The predicted octanol–water partition coefficient (Wildman–Crippen LogP) is 1.77. The lowest BCUT2D eigenvalue weighted by Gasteiger charge is -2.40. The lowest BCUT2D eigenvalue weighted by atomic mass is 9.87. The Hall–Kier alpha value is -2.94. The summed E-state index contributed by atoms with van der Waals surface area (Å²) in [4.78, 5) is 22.9. The molecule has 29 heavy (non-hydrogen) atoms. The average molecular weight is 401 g/mol. The van der Waals surface area contributed by atoms with Crippen molar-refractivity contribution < 1.29 is 18.0 Å². The molecule has 1 unspecified atom stereocenters. The molecule has 1 atom stereocenters. The van der Waals surface area contributed by atoms with E-state index in [9.17, 15) is 18.0 Å². The van der Waals surface area contributed by atoms with Gasteiger partial charge in [0.1, 0.15) is 0 Å². The zero-order valence-electron chi connectivity index (χ0n) is 15.3. The standard InChI is InChI=1S/C20H18F3N5O/c21-20(22,23)10-28-8-13(9-28)25-19(29)16-14-6-11(12-2-1-5-24-7-12)3-4-15(14)26-18-17(16)27-18/h1,3-7,13,15H,2,8-10H2,(H,25,29)(H,26,27). The number of carbonyl (C=O) groups is 1. The Balaban J connectivity index is 1.33. The van der Waals surface area contributed by atoms with E-state index >= 15 is 0 Å². The van der Waals surface area contributed by atoms with Gasteiger partial charge in [-0.2, -0.15) is 13.2 Å². The molecule has 6 nitrogen and oxygen atoms in total. The molecular weight excluding hydrogens is 383 g/mol. The van der Waals surface area contributed by atoms with E-state index in [-0.39, 0.29) is 31.1 Å². The van der Waals surface area contributed by atoms with Gasteiger partial charge >= 0.3 is 6.18 Å². The number of fused-ring (bicyclic) bond motifs is 2. The van der Waals surface area contributed by atoms with E-state index < -0.39 is 12.7 Å². The molecule has 1 amide bonds. The third-order valence-corrected chi connectivity index (χ3v) is 5.37. The van der Waals surface area contributed by atoms with Crippen LogP contribution in [0.15, 0.2) is 68.5 Å². The lowest BCUT2D eigenvalue weighted by Crippen LogP contribution is -2.61. The van der Waals surface area contributed by atoms with Crippen LogP contribution >= 0.6 is 0 Å². The van der Waals surface area contributed by atoms with Crippen LogP contribution in [0.2, 0.25) is 0 Å². The fourth-order valence-electron chi connectivity index (χ4n) is 3.94. The topological polar surface area (TPSA) is 79.0 Å². The first-order valence-electron chi connectivity index (χ1n) is 9.38. The van der Waals surface area contributed by atoms with Gasteiger partial charge in [-0.1, -0.05) is 18.2 Å². The van der Waals surface area contributed by atoms with Crippen molar-refractivity contribution in [1.82, 2.24) is 15.5 Å². The molecule has 4 aliphatic heterocycles. The molecule has 5 aliphatic rings. The summed E-state index contributed by atoms with van der Waals surface area (Å²) in [5.74, 6) is 0.426. The van der Waals surface area contributed by atoms with Crippen LogP contribution < -0.4 is 10.6 Å². The molecule has 2 fully saturated rings. The second kappa shape index (κ2) is 6.55. The fourth-order valence-corrected chi connectivity index (χ4v) is 3.94. The van der Waals surface area contributed by atoms with Crippen molar-refractivity contribution in [3.05, 3.63) is 58.5 Å². The molecule has 9 heteroatoms. The summed E-state index contributed by atoms with van der Waals surface area (Å²) in [5, 5.41) is 5.91. The van der Waals surface area contributed by atoms with Crippen LogP contribution in [0.5, 0.6) is 0 Å². The molecule has 0 aromatic heterocycles. The maximum atomic E-state index is 12.9. The van der Waals surface area contributed by atoms with E-state index in [1.54, 1.807) is 12.4 Å². The van der Waals surface area contributed by atoms with Crippen molar-refractivity contribution in [2.45, 2.75) is 24.7 Å². The summed E-state index contributed by atoms with van der Waals surface area (Å²) in [7, 11) is 0. The number of hydrogen-bond donors (Lipinski definition) is 2. The van der Waals surface area contributed by atoms with Crippen LogP contribution in [0, 0.1) is 0 Å². The highest BCUT2D eigenvalue weighted by atomic mass is 19.4. The Kier molecular flexibility index (Phi) is 4.09. The molecule has 2 N–H and O–H groups in total. The summed E-state index contributed by atoms with van der Waals surface area (Å²) in [6.45, 7) is -0.554. The molecule has 0 aromatic rings. The van der Waals surface area contributed by atoms with Crippen LogP contribution in [0.3, 0.4) is 0 Å². The number of hydrogen-bond acceptors (Lipinski definition) is 5. The van der Waals surface area contributed by atoms with E-state index in [0.29, 0.717) is 17.1 Å². The van der Waals surface area contributed by atoms with E-state index in [1.807, 2.05) is 24.3 Å². The summed E-state index contributed by atoms with van der Waals surface area (Å²) in [6, 6.07) is -0.529. The molecule has 0 saturated carbocycles. The lowest BCUT2D eigenvalue weighted by molar-refractivity contribution is -0.156. The highest BCUT2D eigenvalue weighted by Gasteiger charge is 2.42. The number of amides is 1. The number of alkyl halides is 3. The number of allylic oxidation sites excluding steroid dienone is 5. The third-order valence-electron chi connectivity index (χ3n) is 5.37. The summed E-state index contributed by atoms with van der Waals surface area (Å²) >= 11 is 0. The van der Waals surface area contributed by atoms with Gasteiger partial charge < -0.3 is 10.6 Å². The third kappa shape index (κ3) is 3.57. The van der Waals surface area contributed by atoms with Crippen LogP contribution in [-0.4, -0.2) is 60.8 Å². The largest absolute Gasteiger partial charge is 0.401 e. The number of aliphatic imine (C=N–C) groups is 2. The van der Waals surface area contributed by atoms with E-state index in [4.69, 9.17) is 0 Å². The van der Waals surface area contributed by atoms with Gasteiger partial charge in [-0.15, -0.1) is 0 Å². The molecule has 0 aromatic carbocycles. The fraction of sp³-hybridized carbons (Fsp3) is 0.350. The van der Waals surface area contributed by atoms with Crippen molar-refractivity contribution in [1.29, 1.82) is 0 Å². The number of carbonyl (C=O) groups excluding carboxylic acids is 1. The second-order valence-electron chi connectivity index (χ2n) is 7.58. The van der Waals surface area contributed by atoms with Crippen molar-refractivity contribution in [3.8, 4) is 0 Å². The zero-order valence-corrected chi connectivity index (χ0v) is 15.3. The number of nitrogens with one attached hydrogen (secondary N) is 2. The van der Waals surface area contributed by atoms with Gasteiger partial charge in [-0.3, -0.25) is 19.7 Å². The predicted molar refractivity (Wildman–Crippen MR) is 102 cm³/mol. The Morgan fingerprint density at radius 2 is 2.17 bits per heavy atom. The first kappa shape index (κ1) is 18.1. The van der Waals surface area contributed by atoms with Gasteiger partial charge in [0, 0.05) is 25.5 Å². The van der Waals surface area contributed by atoms with Crippen LogP contribution in [0.25, 0.3) is 0 Å². The van der Waals surface area contributed by atoms with Crippen molar-refractivity contribution in [2.75, 3.05) is 19.6 Å². The molecule has 5 rings (SSSR count). The number of nitrogens with zero attached hydrogens (tertiary/aromatic N) is 3. The Bertz CT molecular complexity index is 990. The van der Waals surface area contributed by atoms with E-state index in [1.165, 1.54) is 4.90 Å². The molecule has 150 valence electrons. The zero-order chi connectivity index (χ0) is 20.2. The van der Waals surface area contributed by atoms with Gasteiger partial charge in [0.05, 0.1) is 29.9 Å². The van der Waals surface area contributed by atoms with Gasteiger partial charge in [0.2, 0.25) is 0 Å². The quantitative estimate of drug-likeness (QED) is 0.708. The first-order valence-corrected chi connectivity index (χ1v) is 9.38. The second-order valence-corrected chi connectivity index (χ2v) is 7.58. The normalized spacial score (nSPS) is 28.2. The Labute approximate surface area is 165 Å². The highest BCUT2D eigenvalue weighted by molar-refractivity contribution is 6.22. The van der Waals surface area contributed by atoms with Gasteiger partial charge in [0.25, 0.3) is 5.91 Å². The smallest absolute Gasteiger partial charge is 0.347 e. The molecule has 4 heterocycles. The molecule has 0 bridgehead atoms. The number of amidine groups is 1. The molecule has 1 aliphatic carbocycles. The molecule has 0 spiro atoms. The number of rotatable bonds is 3. The SMILES string of the molecule is O=C(NC1CN(CC(F)(F)F)C1)C1=C2NC2=NC2C=CC(=C3C=NC=CC3)C=C12. The average Bonchev–Trinajstić information content (AvgIpc) is 3.42. The number of dihydropyridines is 1. The Morgan fingerprint density at radius 1 is 1.34 bits per heavy atom. The summed E-state index contributed by atoms with van der Waals surface area (Å²) < 4.78 is 37.4. The van der Waals surface area contributed by atoms with Crippen LogP contribution in [0.4, 0.5) is 13.2 Å². The molecule has 0 radical (unpaired) electrons. The van der Waals surface area contributed by atoms with Gasteiger partial charge in [-0.05, 0) is 29.2 Å². The number of halogens is 3. The minimum Gasteiger partial charge on any atom is -0.347 e. The molecular formula is C20H18F3N5O. The highest BCUT2D eigenvalue weighted by Crippen LogP contribution is 2.36. The number of likely N-dealkylation sites (tertiary alicyclic amines) is 1. The molecule has 2 saturated heterocycles. The minimum atomic E-state index is -4.22. The van der Waals surface area contributed by atoms with Crippen molar-refractivity contribution >= 4 is 18.0 Å². The summed E-state index contributed by atoms with van der Waals surface area (Å²) in [5.41, 5.74) is 4.06. The van der Waals surface area contributed by atoms with Gasteiger partial charge in [0.15, 0.2) is 5.84 Å².